The van der Waals surface area contributed by atoms with Gasteiger partial charge in [-0.15, -0.1) is 0 Å². The highest BCUT2D eigenvalue weighted by atomic mass is 16.5. The number of unbranched alkanes of at least 4 members (excludes halogenated alkanes) is 9. The molecular weight excluding hydrogens is 368 g/mol. The zero-order chi connectivity index (χ0) is 21.1. The van der Waals surface area contributed by atoms with Crippen LogP contribution in [0.3, 0.4) is 0 Å². The highest BCUT2D eigenvalue weighted by molar-refractivity contribution is 5.31. The molecule has 1 unspecified atom stereocenters. The third-order valence-corrected chi connectivity index (χ3v) is 6.05. The van der Waals surface area contributed by atoms with Crippen molar-refractivity contribution >= 4 is 0 Å². The Morgan fingerprint density at radius 2 is 1.34 bits per heavy atom. The monoisotopic (exact) mass is 408 g/mol. The summed E-state index contributed by atoms with van der Waals surface area (Å²) in [5.74, 6) is 0. The molecule has 0 spiro atoms. The van der Waals surface area contributed by atoms with Crippen LogP contribution >= 0.6 is 0 Å². The van der Waals surface area contributed by atoms with Gasteiger partial charge >= 0.3 is 0 Å². The van der Waals surface area contributed by atoms with Crippen LogP contribution in [0.4, 0.5) is 0 Å². The van der Waals surface area contributed by atoms with E-state index >= 15 is 0 Å². The molecule has 0 aliphatic carbocycles. The summed E-state index contributed by atoms with van der Waals surface area (Å²) < 4.78 is 5.75. The molecule has 0 bridgehead atoms. The van der Waals surface area contributed by atoms with E-state index in [1.54, 1.807) is 0 Å². The fourth-order valence-electron chi connectivity index (χ4n) is 4.20. The van der Waals surface area contributed by atoms with Crippen LogP contribution in [-0.2, 0) is 11.2 Å². The zero-order valence-electron chi connectivity index (χ0n) is 17.9. The van der Waals surface area contributed by atoms with Crippen molar-refractivity contribution in [2.24, 2.45) is 0 Å². The van der Waals surface area contributed by atoms with Crippen molar-refractivity contribution in [2.75, 3.05) is 6.61 Å². The minimum absolute atomic E-state index is 0.401. The summed E-state index contributed by atoms with van der Waals surface area (Å²) in [7, 11) is 0. The summed E-state index contributed by atoms with van der Waals surface area (Å²) >= 11 is 0. The first-order valence-corrected chi connectivity index (χ1v) is 11.5. The van der Waals surface area contributed by atoms with Gasteiger partial charge in [-0.05, 0) is 24.0 Å². The Morgan fingerprint density at radius 1 is 0.759 bits per heavy atom. The van der Waals surface area contributed by atoms with Crippen LogP contribution in [0.25, 0.3) is 0 Å². The molecule has 29 heavy (non-hydrogen) atoms. The average Bonchev–Trinajstić information content (AvgIpc) is 2.74. The van der Waals surface area contributed by atoms with Crippen LogP contribution in [0, 0.1) is 0 Å². The van der Waals surface area contributed by atoms with Gasteiger partial charge in [-0.3, -0.25) is 0 Å². The maximum Gasteiger partial charge on any atom is 0.113 e. The third-order valence-electron chi connectivity index (χ3n) is 6.05. The molecule has 1 fully saturated rings. The summed E-state index contributed by atoms with van der Waals surface area (Å²) in [5.41, 5.74) is 1.93. The SMILES string of the molecule is CCCCCCCCCCCCc1ccccc1C1O[C@H](CO)[C@@H](O)[C@H](O)[C@@H]1O. The van der Waals surface area contributed by atoms with Crippen LogP contribution in [0.1, 0.15) is 88.4 Å². The second-order valence-electron chi connectivity index (χ2n) is 8.38. The lowest BCUT2D eigenvalue weighted by atomic mass is 9.88. The molecule has 1 heterocycles. The zero-order valence-corrected chi connectivity index (χ0v) is 17.9. The number of aliphatic hydroxyl groups excluding tert-OH is 4. The summed E-state index contributed by atoms with van der Waals surface area (Å²) in [6.07, 6.45) is 8.24. The normalized spacial score (nSPS) is 27.3. The number of hydrogen-bond acceptors (Lipinski definition) is 5. The molecule has 1 aliphatic heterocycles. The van der Waals surface area contributed by atoms with E-state index in [1.165, 1.54) is 57.8 Å². The number of aryl methyl sites for hydroxylation is 1. The van der Waals surface area contributed by atoms with Crippen LogP contribution in [0.15, 0.2) is 24.3 Å². The van der Waals surface area contributed by atoms with Crippen molar-refractivity contribution in [1.29, 1.82) is 0 Å². The van der Waals surface area contributed by atoms with Gasteiger partial charge in [0.2, 0.25) is 0 Å². The van der Waals surface area contributed by atoms with Crippen LogP contribution in [-0.4, -0.2) is 51.4 Å². The second-order valence-corrected chi connectivity index (χ2v) is 8.38. The van der Waals surface area contributed by atoms with Gasteiger partial charge in [0.15, 0.2) is 0 Å². The summed E-state index contributed by atoms with van der Waals surface area (Å²) in [6.45, 7) is 1.85. The van der Waals surface area contributed by atoms with Crippen molar-refractivity contribution in [1.82, 2.24) is 0 Å². The molecule has 5 nitrogen and oxygen atoms in total. The van der Waals surface area contributed by atoms with Crippen molar-refractivity contribution in [3.8, 4) is 0 Å². The Bertz CT molecular complexity index is 562. The highest BCUT2D eigenvalue weighted by Crippen LogP contribution is 2.34. The molecular formula is C24H40O5. The van der Waals surface area contributed by atoms with Crippen molar-refractivity contribution < 1.29 is 25.2 Å². The number of hydrogen-bond donors (Lipinski definition) is 4. The Balaban J connectivity index is 1.80. The van der Waals surface area contributed by atoms with E-state index in [2.05, 4.69) is 6.92 Å². The standard InChI is InChI=1S/C24H40O5/c1-2-3-4-5-6-7-8-9-10-11-14-18-15-12-13-16-19(18)24-23(28)22(27)21(26)20(17-25)29-24/h12-13,15-16,20-28H,2-11,14,17H2,1H3/t20-,21-,22+,23+,24?/m1/s1. The Kier molecular flexibility index (Phi) is 11.2. The quantitative estimate of drug-likeness (QED) is 0.374. The lowest BCUT2D eigenvalue weighted by molar-refractivity contribution is -0.231. The molecule has 1 saturated heterocycles. The van der Waals surface area contributed by atoms with E-state index < -0.39 is 37.1 Å². The maximum absolute atomic E-state index is 10.4. The van der Waals surface area contributed by atoms with E-state index in [0.29, 0.717) is 0 Å². The van der Waals surface area contributed by atoms with Gasteiger partial charge in [0, 0.05) is 0 Å². The maximum atomic E-state index is 10.4. The number of aliphatic hydroxyl groups is 4. The Morgan fingerprint density at radius 3 is 1.97 bits per heavy atom. The third kappa shape index (κ3) is 7.34. The molecule has 166 valence electrons. The molecule has 0 aromatic heterocycles. The molecule has 5 atom stereocenters. The van der Waals surface area contributed by atoms with Gasteiger partial charge in [0.05, 0.1) is 6.61 Å². The van der Waals surface area contributed by atoms with Gasteiger partial charge in [0.1, 0.15) is 30.5 Å². The molecule has 1 aromatic rings. The summed E-state index contributed by atoms with van der Waals surface area (Å²) in [5, 5.41) is 39.9. The first-order valence-electron chi connectivity index (χ1n) is 11.5. The van der Waals surface area contributed by atoms with Crippen molar-refractivity contribution in [2.45, 2.75) is 108 Å². The lowest BCUT2D eigenvalue weighted by Gasteiger charge is -2.40. The van der Waals surface area contributed by atoms with Crippen LogP contribution in [0.5, 0.6) is 0 Å². The minimum atomic E-state index is -1.34. The molecule has 0 radical (unpaired) electrons. The van der Waals surface area contributed by atoms with Crippen molar-refractivity contribution in [3.63, 3.8) is 0 Å². The first kappa shape index (κ1) is 24.3. The Labute approximate surface area is 175 Å². The van der Waals surface area contributed by atoms with Crippen LogP contribution in [0.2, 0.25) is 0 Å². The first-order chi connectivity index (χ1) is 14.1. The minimum Gasteiger partial charge on any atom is -0.394 e. The van der Waals surface area contributed by atoms with Gasteiger partial charge in [-0.2, -0.15) is 0 Å². The van der Waals surface area contributed by atoms with Crippen molar-refractivity contribution in [3.05, 3.63) is 35.4 Å². The molecule has 0 saturated carbocycles. The fraction of sp³-hybridized carbons (Fsp3) is 0.750. The predicted octanol–water partition coefficient (Wildman–Crippen LogP) is 3.66. The van der Waals surface area contributed by atoms with E-state index in [0.717, 1.165) is 24.0 Å². The topological polar surface area (TPSA) is 90.2 Å². The van der Waals surface area contributed by atoms with Gasteiger partial charge in [0.25, 0.3) is 0 Å². The number of ether oxygens (including phenoxy) is 1. The van der Waals surface area contributed by atoms with E-state index in [1.807, 2.05) is 24.3 Å². The highest BCUT2D eigenvalue weighted by Gasteiger charge is 2.44. The average molecular weight is 409 g/mol. The smallest absolute Gasteiger partial charge is 0.113 e. The van der Waals surface area contributed by atoms with Gasteiger partial charge in [-0.25, -0.2) is 0 Å². The predicted molar refractivity (Wildman–Crippen MR) is 115 cm³/mol. The molecule has 0 amide bonds. The Hall–Kier alpha value is -0.980. The largest absolute Gasteiger partial charge is 0.394 e. The lowest BCUT2D eigenvalue weighted by Crippen LogP contribution is -2.55. The van der Waals surface area contributed by atoms with E-state index in [-0.39, 0.29) is 0 Å². The van der Waals surface area contributed by atoms with Gasteiger partial charge in [-0.1, -0.05) is 89.0 Å². The number of rotatable bonds is 13. The number of benzene rings is 1. The van der Waals surface area contributed by atoms with E-state index in [4.69, 9.17) is 4.74 Å². The van der Waals surface area contributed by atoms with Crippen LogP contribution < -0.4 is 0 Å². The van der Waals surface area contributed by atoms with Gasteiger partial charge < -0.3 is 25.2 Å². The fourth-order valence-corrected chi connectivity index (χ4v) is 4.20. The molecule has 2 rings (SSSR count). The molecule has 1 aliphatic rings. The second kappa shape index (κ2) is 13.3. The molecule has 1 aromatic carbocycles. The molecule has 5 heteroatoms. The summed E-state index contributed by atoms with van der Waals surface area (Å²) in [6, 6.07) is 7.79. The molecule has 4 N–H and O–H groups in total. The van der Waals surface area contributed by atoms with E-state index in [9.17, 15) is 20.4 Å². The summed E-state index contributed by atoms with van der Waals surface area (Å²) in [4.78, 5) is 0.